The topological polar surface area (TPSA) is 6.48 Å². The average Bonchev–Trinajstić information content (AvgIpc) is 2.45. The van der Waals surface area contributed by atoms with Crippen molar-refractivity contribution in [2.24, 2.45) is 0 Å². The number of para-hydroxylation sites is 1. The van der Waals surface area contributed by atoms with Crippen LogP contribution in [0, 0.1) is 5.82 Å². The maximum Gasteiger partial charge on any atom is 0.146 e. The van der Waals surface area contributed by atoms with Gasteiger partial charge in [-0.05, 0) is 19.2 Å². The monoisotopic (exact) mass is 254 g/mol. The average molecular weight is 254 g/mol. The molecule has 0 radical (unpaired) electrons. The summed E-state index contributed by atoms with van der Waals surface area (Å²) in [6.45, 7) is 11.8. The Balaban J connectivity index is 0.000000659. The maximum absolute atomic E-state index is 13.4. The first-order valence-electron chi connectivity index (χ1n) is 6.95. The molecule has 0 unspecified atom stereocenters. The first kappa shape index (κ1) is 16.9. The third-order valence-corrected chi connectivity index (χ3v) is 2.70. The van der Waals surface area contributed by atoms with E-state index in [4.69, 9.17) is 0 Å². The molecule has 3 heteroatoms. The molecule has 1 saturated heterocycles. The third kappa shape index (κ3) is 5.05. The van der Waals surface area contributed by atoms with Gasteiger partial charge in [0.25, 0.3) is 0 Å². The lowest BCUT2D eigenvalue weighted by Gasteiger charge is -2.34. The number of benzene rings is 1. The van der Waals surface area contributed by atoms with E-state index in [1.807, 2.05) is 39.8 Å². The summed E-state index contributed by atoms with van der Waals surface area (Å²) in [5.41, 5.74) is 0.737. The zero-order valence-corrected chi connectivity index (χ0v) is 12.4. The Morgan fingerprint density at radius 3 is 1.89 bits per heavy atom. The van der Waals surface area contributed by atoms with Crippen molar-refractivity contribution in [3.8, 4) is 0 Å². The van der Waals surface area contributed by atoms with Gasteiger partial charge in [0.05, 0.1) is 5.69 Å². The lowest BCUT2D eigenvalue weighted by atomic mass is 10.2. The molecule has 0 bridgehead atoms. The van der Waals surface area contributed by atoms with Crippen LogP contribution in [0.3, 0.4) is 0 Å². The molecule has 0 spiro atoms. The molecule has 1 aliphatic rings. The van der Waals surface area contributed by atoms with E-state index in [9.17, 15) is 4.39 Å². The number of rotatable bonds is 1. The fraction of sp³-hybridized carbons (Fsp3) is 0.600. The molecule has 0 atom stereocenters. The Kier molecular flexibility index (Phi) is 9.29. The molecule has 2 rings (SSSR count). The Morgan fingerprint density at radius 2 is 1.39 bits per heavy atom. The molecule has 0 amide bonds. The van der Waals surface area contributed by atoms with Gasteiger partial charge in [0.15, 0.2) is 0 Å². The number of nitrogens with zero attached hydrogens (tertiary/aromatic N) is 2. The predicted molar refractivity (Wildman–Crippen MR) is 78.8 cm³/mol. The van der Waals surface area contributed by atoms with Crippen LogP contribution >= 0.6 is 0 Å². The molecule has 18 heavy (non-hydrogen) atoms. The van der Waals surface area contributed by atoms with Crippen LogP contribution < -0.4 is 4.90 Å². The lowest BCUT2D eigenvalue weighted by molar-refractivity contribution is 0.311. The van der Waals surface area contributed by atoms with Gasteiger partial charge in [0.1, 0.15) is 5.82 Å². The molecule has 1 heterocycles. The molecule has 1 aliphatic heterocycles. The SMILES string of the molecule is CC.CC.CN1CCN(c2ccccc2F)CC1. The second-order valence-corrected chi connectivity index (χ2v) is 3.74. The van der Waals surface area contributed by atoms with Crippen molar-refractivity contribution in [1.29, 1.82) is 0 Å². The standard InChI is InChI=1S/C11H15FN2.2C2H6/c1-13-6-8-14(9-7-13)11-5-3-2-4-10(11)12;2*1-2/h2-5H,6-9H2,1H3;2*1-2H3. The zero-order chi connectivity index (χ0) is 14.0. The maximum atomic E-state index is 13.4. The van der Waals surface area contributed by atoms with Gasteiger partial charge in [-0.3, -0.25) is 0 Å². The van der Waals surface area contributed by atoms with Crippen molar-refractivity contribution >= 4 is 5.69 Å². The summed E-state index contributed by atoms with van der Waals surface area (Å²) in [4.78, 5) is 4.37. The Hall–Kier alpha value is -1.09. The second kappa shape index (κ2) is 9.89. The van der Waals surface area contributed by atoms with Gasteiger partial charge in [0, 0.05) is 26.2 Å². The number of likely N-dealkylation sites (N-methyl/N-ethyl adjacent to an activating group) is 1. The van der Waals surface area contributed by atoms with Crippen LogP contribution in [0.1, 0.15) is 27.7 Å². The fourth-order valence-corrected chi connectivity index (χ4v) is 1.76. The summed E-state index contributed by atoms with van der Waals surface area (Å²) in [6, 6.07) is 6.99. The second-order valence-electron chi connectivity index (χ2n) is 3.74. The quantitative estimate of drug-likeness (QED) is 0.755. The number of hydrogen-bond donors (Lipinski definition) is 0. The molecule has 0 N–H and O–H groups in total. The van der Waals surface area contributed by atoms with Crippen molar-refractivity contribution in [3.63, 3.8) is 0 Å². The van der Waals surface area contributed by atoms with Gasteiger partial charge in [-0.2, -0.15) is 0 Å². The van der Waals surface area contributed by atoms with Crippen LogP contribution in [0.25, 0.3) is 0 Å². The van der Waals surface area contributed by atoms with Crippen molar-refractivity contribution in [2.75, 3.05) is 38.1 Å². The molecule has 2 nitrogen and oxygen atoms in total. The zero-order valence-electron chi connectivity index (χ0n) is 12.4. The van der Waals surface area contributed by atoms with Gasteiger partial charge in [-0.25, -0.2) is 4.39 Å². The summed E-state index contributed by atoms with van der Waals surface area (Å²) in [5.74, 6) is -0.114. The summed E-state index contributed by atoms with van der Waals surface area (Å²) in [7, 11) is 2.10. The normalized spacial score (nSPS) is 15.1. The highest BCUT2D eigenvalue weighted by atomic mass is 19.1. The van der Waals surface area contributed by atoms with E-state index in [1.54, 1.807) is 6.07 Å². The van der Waals surface area contributed by atoms with E-state index < -0.39 is 0 Å². The van der Waals surface area contributed by atoms with Crippen LogP contribution in [-0.4, -0.2) is 38.1 Å². The largest absolute Gasteiger partial charge is 0.367 e. The van der Waals surface area contributed by atoms with E-state index in [-0.39, 0.29) is 5.82 Å². The summed E-state index contributed by atoms with van der Waals surface area (Å²) < 4.78 is 13.4. The van der Waals surface area contributed by atoms with Gasteiger partial charge < -0.3 is 9.80 Å². The van der Waals surface area contributed by atoms with E-state index in [2.05, 4.69) is 16.8 Å². The molecule has 1 aromatic rings. The van der Waals surface area contributed by atoms with Crippen molar-refractivity contribution in [3.05, 3.63) is 30.1 Å². The van der Waals surface area contributed by atoms with Gasteiger partial charge in [-0.1, -0.05) is 39.8 Å². The number of halogens is 1. The Bertz CT molecular complexity index is 307. The number of hydrogen-bond acceptors (Lipinski definition) is 2. The van der Waals surface area contributed by atoms with Gasteiger partial charge in [0.2, 0.25) is 0 Å². The van der Waals surface area contributed by atoms with Crippen molar-refractivity contribution in [1.82, 2.24) is 4.90 Å². The molecule has 1 aromatic carbocycles. The molecule has 0 aliphatic carbocycles. The number of piperazine rings is 1. The van der Waals surface area contributed by atoms with E-state index in [1.165, 1.54) is 6.07 Å². The molecule has 0 saturated carbocycles. The molecular weight excluding hydrogens is 227 g/mol. The first-order valence-corrected chi connectivity index (χ1v) is 6.95. The van der Waals surface area contributed by atoms with Gasteiger partial charge >= 0.3 is 0 Å². The Labute approximate surface area is 111 Å². The van der Waals surface area contributed by atoms with Crippen LogP contribution in [0.4, 0.5) is 10.1 Å². The highest BCUT2D eigenvalue weighted by Gasteiger charge is 2.16. The predicted octanol–water partition coefficient (Wildman–Crippen LogP) is 3.63. The van der Waals surface area contributed by atoms with Crippen LogP contribution in [0.15, 0.2) is 24.3 Å². The molecular formula is C15H27FN2. The lowest BCUT2D eigenvalue weighted by Crippen LogP contribution is -2.44. The Morgan fingerprint density at radius 1 is 0.889 bits per heavy atom. The van der Waals surface area contributed by atoms with Crippen LogP contribution in [0.2, 0.25) is 0 Å². The first-order chi connectivity index (χ1) is 8.77. The minimum absolute atomic E-state index is 0.114. The highest BCUT2D eigenvalue weighted by Crippen LogP contribution is 2.19. The van der Waals surface area contributed by atoms with Crippen molar-refractivity contribution in [2.45, 2.75) is 27.7 Å². The molecule has 104 valence electrons. The molecule has 0 aromatic heterocycles. The van der Waals surface area contributed by atoms with Crippen molar-refractivity contribution < 1.29 is 4.39 Å². The molecule has 1 fully saturated rings. The summed E-state index contributed by atoms with van der Waals surface area (Å²) >= 11 is 0. The van der Waals surface area contributed by atoms with E-state index in [0.717, 1.165) is 31.9 Å². The van der Waals surface area contributed by atoms with Crippen LogP contribution in [0.5, 0.6) is 0 Å². The van der Waals surface area contributed by atoms with Crippen LogP contribution in [-0.2, 0) is 0 Å². The smallest absolute Gasteiger partial charge is 0.146 e. The number of anilines is 1. The van der Waals surface area contributed by atoms with E-state index in [0.29, 0.717) is 0 Å². The summed E-state index contributed by atoms with van der Waals surface area (Å²) in [6.07, 6.45) is 0. The minimum Gasteiger partial charge on any atom is -0.367 e. The third-order valence-electron chi connectivity index (χ3n) is 2.70. The van der Waals surface area contributed by atoms with Gasteiger partial charge in [-0.15, -0.1) is 0 Å². The fourth-order valence-electron chi connectivity index (χ4n) is 1.76. The minimum atomic E-state index is -0.114. The highest BCUT2D eigenvalue weighted by molar-refractivity contribution is 5.47. The van der Waals surface area contributed by atoms with E-state index >= 15 is 0 Å². The summed E-state index contributed by atoms with van der Waals surface area (Å²) in [5, 5.41) is 0.